The van der Waals surface area contributed by atoms with Crippen molar-refractivity contribution in [1.29, 1.82) is 0 Å². The predicted molar refractivity (Wildman–Crippen MR) is 216 cm³/mol. The predicted octanol–water partition coefficient (Wildman–Crippen LogP) is -3.63. The number of likely N-dealkylation sites (tertiary alicyclic amines) is 1. The molecule has 0 aromatic heterocycles. The van der Waals surface area contributed by atoms with Gasteiger partial charge in [-0.1, -0.05) is 12.1 Å². The first-order chi connectivity index (χ1) is 28.0. The second-order valence-electron chi connectivity index (χ2n) is 13.9. The van der Waals surface area contributed by atoms with Crippen LogP contribution in [0, 0.1) is 0 Å². The second-order valence-corrected chi connectivity index (χ2v) is 14.2. The number of carboxylic acid groups (broad SMARTS) is 2. The number of aromatic hydroxyl groups is 1. The van der Waals surface area contributed by atoms with Crippen molar-refractivity contribution < 1.29 is 53.7 Å². The summed E-state index contributed by atoms with van der Waals surface area (Å²) in [5.41, 5.74) is 22.5. The molecular weight excluding hydrogens is 795 g/mol. The lowest BCUT2D eigenvalue weighted by molar-refractivity contribution is -0.142. The number of thiol groups is 1. The van der Waals surface area contributed by atoms with Gasteiger partial charge in [0.2, 0.25) is 35.4 Å². The summed E-state index contributed by atoms with van der Waals surface area (Å²) in [6.45, 7) is 0.0691. The maximum atomic E-state index is 13.6. The highest BCUT2D eigenvalue weighted by Crippen LogP contribution is 2.18. The highest BCUT2D eigenvalue weighted by molar-refractivity contribution is 7.80. The first-order valence-electron chi connectivity index (χ1n) is 19.1. The van der Waals surface area contributed by atoms with Gasteiger partial charge in [-0.3, -0.25) is 38.6 Å². The number of carboxylic acids is 2. The molecule has 59 heavy (non-hydrogen) atoms. The van der Waals surface area contributed by atoms with Crippen LogP contribution in [0.15, 0.2) is 29.3 Å². The minimum atomic E-state index is -1.36. The molecule has 1 aromatic carbocycles. The quantitative estimate of drug-likeness (QED) is 0.0185. The lowest BCUT2D eigenvalue weighted by Crippen LogP contribution is -2.59. The number of nitrogens with zero attached hydrogens (tertiary/aromatic N) is 2. The molecule has 0 spiro atoms. The standard InChI is InChI=1S/C36H57N11O11S/c37-14-2-1-5-23(43-30(52)22(38)12-13-29(50)51)31(53)42-18-28(49)47-16-4-7-27(47)34(56)46-26(19-59)33(55)45-25(17-20-8-10-21(48)11-9-20)32(54)44-24(35(57)58)6-3-15-41-36(39)40/h8-11,22-27,48,59H,1-7,12-19,37-38H2,(H,42,53)(H,43,52)(H,44,54)(H,45,55)(H,46,56)(H,50,51)(H,57,58)(H4,39,40,41). The number of hydrogen-bond acceptors (Lipinski definition) is 13. The van der Waals surface area contributed by atoms with E-state index in [1.54, 1.807) is 0 Å². The highest BCUT2D eigenvalue weighted by Gasteiger charge is 2.37. The molecule has 2 rings (SSSR count). The Morgan fingerprint density at radius 1 is 0.814 bits per heavy atom. The van der Waals surface area contributed by atoms with Gasteiger partial charge in [0, 0.05) is 31.7 Å². The van der Waals surface area contributed by atoms with Crippen LogP contribution in [-0.2, 0) is 44.8 Å². The molecule has 6 amide bonds. The van der Waals surface area contributed by atoms with Gasteiger partial charge in [0.15, 0.2) is 5.96 Å². The molecule has 0 saturated carbocycles. The summed E-state index contributed by atoms with van der Waals surface area (Å²) in [5, 5.41) is 40.9. The van der Waals surface area contributed by atoms with Crippen LogP contribution in [0.4, 0.5) is 0 Å². The molecule has 0 aliphatic carbocycles. The largest absolute Gasteiger partial charge is 0.508 e. The summed E-state index contributed by atoms with van der Waals surface area (Å²) in [6, 6.07) is -1.57. The van der Waals surface area contributed by atoms with Crippen molar-refractivity contribution in [3.63, 3.8) is 0 Å². The Balaban J connectivity index is 2.12. The normalized spacial score (nSPS) is 16.0. The van der Waals surface area contributed by atoms with Gasteiger partial charge in [-0.15, -0.1) is 0 Å². The maximum Gasteiger partial charge on any atom is 0.326 e. The van der Waals surface area contributed by atoms with Crippen LogP contribution >= 0.6 is 12.6 Å². The van der Waals surface area contributed by atoms with Crippen LogP contribution in [0.3, 0.4) is 0 Å². The number of unbranched alkanes of at least 4 members (excludes halogenated alkanes) is 1. The second kappa shape index (κ2) is 25.6. The number of hydrogen-bond donors (Lipinski definition) is 13. The van der Waals surface area contributed by atoms with Crippen LogP contribution in [0.25, 0.3) is 0 Å². The zero-order valence-electron chi connectivity index (χ0n) is 32.6. The fraction of sp³-hybridized carbons (Fsp3) is 0.583. The van der Waals surface area contributed by atoms with Crippen molar-refractivity contribution in [2.24, 2.45) is 27.9 Å². The third-order valence-electron chi connectivity index (χ3n) is 9.26. The first-order valence-corrected chi connectivity index (χ1v) is 19.7. The minimum Gasteiger partial charge on any atom is -0.508 e. The number of aliphatic imine (C=N–C) groups is 1. The van der Waals surface area contributed by atoms with E-state index in [2.05, 4.69) is 44.2 Å². The Bertz CT molecular complexity index is 1650. The Hall–Kier alpha value is -5.68. The summed E-state index contributed by atoms with van der Waals surface area (Å²) in [4.78, 5) is 108. The fourth-order valence-electron chi connectivity index (χ4n) is 6.02. The molecule has 6 unspecified atom stereocenters. The Labute approximate surface area is 346 Å². The van der Waals surface area contributed by atoms with E-state index in [0.29, 0.717) is 31.4 Å². The van der Waals surface area contributed by atoms with Gasteiger partial charge in [0.1, 0.15) is 36.0 Å². The number of nitrogens with one attached hydrogen (secondary N) is 5. The maximum absolute atomic E-state index is 13.6. The molecule has 6 atom stereocenters. The fourth-order valence-corrected chi connectivity index (χ4v) is 6.28. The molecule has 23 heteroatoms. The molecule has 16 N–H and O–H groups in total. The van der Waals surface area contributed by atoms with Crippen molar-refractivity contribution >= 4 is 66.0 Å². The summed E-state index contributed by atoms with van der Waals surface area (Å²) >= 11 is 4.22. The molecule has 1 aliphatic heterocycles. The zero-order chi connectivity index (χ0) is 44.1. The average molecular weight is 852 g/mol. The number of phenolic OH excluding ortho intramolecular Hbond substituents is 1. The van der Waals surface area contributed by atoms with E-state index in [1.165, 1.54) is 29.2 Å². The van der Waals surface area contributed by atoms with Gasteiger partial charge in [0.25, 0.3) is 0 Å². The molecule has 328 valence electrons. The molecule has 1 fully saturated rings. The van der Waals surface area contributed by atoms with Crippen LogP contribution in [0.5, 0.6) is 5.75 Å². The smallest absolute Gasteiger partial charge is 0.326 e. The lowest BCUT2D eigenvalue weighted by atomic mass is 10.0. The number of carbonyl (C=O) groups excluding carboxylic acids is 6. The Morgan fingerprint density at radius 3 is 2.05 bits per heavy atom. The summed E-state index contributed by atoms with van der Waals surface area (Å²) in [7, 11) is 0. The number of benzene rings is 1. The molecule has 22 nitrogen and oxygen atoms in total. The van der Waals surface area contributed by atoms with Crippen LogP contribution < -0.4 is 49.5 Å². The number of phenols is 1. The molecule has 0 bridgehead atoms. The van der Waals surface area contributed by atoms with E-state index in [1.807, 2.05) is 0 Å². The van der Waals surface area contributed by atoms with E-state index in [9.17, 15) is 48.6 Å². The molecular formula is C36H57N11O11S. The SMILES string of the molecule is NCCCCC(NC(=O)C(N)CCC(=O)O)C(=O)NCC(=O)N1CCCC1C(=O)NC(CS)C(=O)NC(Cc1ccc(O)cc1)C(=O)NC(CCCN=C(N)N)C(=O)O. The zero-order valence-corrected chi connectivity index (χ0v) is 33.5. The van der Waals surface area contributed by atoms with E-state index in [-0.39, 0.29) is 75.5 Å². The van der Waals surface area contributed by atoms with Crippen LogP contribution in [-0.4, -0.2) is 142 Å². The van der Waals surface area contributed by atoms with E-state index in [4.69, 9.17) is 28.0 Å². The summed E-state index contributed by atoms with van der Waals surface area (Å²) < 4.78 is 0. The minimum absolute atomic E-state index is 0.0375. The van der Waals surface area contributed by atoms with Crippen molar-refractivity contribution in [2.75, 3.05) is 31.9 Å². The third kappa shape index (κ3) is 17.8. The Kier molecular flexibility index (Phi) is 21.5. The van der Waals surface area contributed by atoms with Crippen molar-refractivity contribution in [1.82, 2.24) is 31.5 Å². The number of nitrogens with two attached hydrogens (primary N) is 4. The van der Waals surface area contributed by atoms with Crippen molar-refractivity contribution in [3.8, 4) is 5.75 Å². The topological polar surface area (TPSA) is 377 Å². The average Bonchev–Trinajstić information content (AvgIpc) is 3.69. The van der Waals surface area contributed by atoms with Gasteiger partial charge in [-0.2, -0.15) is 12.6 Å². The van der Waals surface area contributed by atoms with E-state index >= 15 is 0 Å². The van der Waals surface area contributed by atoms with Crippen molar-refractivity contribution in [3.05, 3.63) is 29.8 Å². The molecule has 0 radical (unpaired) electrons. The number of aliphatic carboxylic acids is 2. The van der Waals surface area contributed by atoms with Crippen molar-refractivity contribution in [2.45, 2.75) is 100 Å². The van der Waals surface area contributed by atoms with E-state index in [0.717, 1.165) is 0 Å². The number of guanidine groups is 1. The van der Waals surface area contributed by atoms with Crippen LogP contribution in [0.1, 0.15) is 63.4 Å². The molecule has 1 heterocycles. The van der Waals surface area contributed by atoms with Gasteiger partial charge < -0.3 is 69.7 Å². The number of amides is 6. The molecule has 1 saturated heterocycles. The van der Waals surface area contributed by atoms with Gasteiger partial charge in [-0.05, 0) is 75.6 Å². The summed E-state index contributed by atoms with van der Waals surface area (Å²) in [5.74, 6) is -7.38. The molecule has 1 aliphatic rings. The molecule has 1 aromatic rings. The number of carbonyl (C=O) groups is 8. The summed E-state index contributed by atoms with van der Waals surface area (Å²) in [6.07, 6.45) is 1.35. The van der Waals surface area contributed by atoms with Gasteiger partial charge in [0.05, 0.1) is 12.6 Å². The van der Waals surface area contributed by atoms with Gasteiger partial charge in [-0.25, -0.2) is 4.79 Å². The van der Waals surface area contributed by atoms with Gasteiger partial charge >= 0.3 is 11.9 Å². The Morgan fingerprint density at radius 2 is 1.44 bits per heavy atom. The van der Waals surface area contributed by atoms with Crippen LogP contribution in [0.2, 0.25) is 0 Å². The lowest BCUT2D eigenvalue weighted by Gasteiger charge is -2.27. The third-order valence-corrected chi connectivity index (χ3v) is 9.63. The first kappa shape index (κ1) is 49.5. The highest BCUT2D eigenvalue weighted by atomic mass is 32.1. The van der Waals surface area contributed by atoms with E-state index < -0.39 is 90.2 Å². The monoisotopic (exact) mass is 851 g/mol. The number of rotatable bonds is 26.